The lowest BCUT2D eigenvalue weighted by Crippen LogP contribution is -2.42. The van der Waals surface area contributed by atoms with E-state index in [1.807, 2.05) is 0 Å². The zero-order valence-electron chi connectivity index (χ0n) is 11.5. The molecule has 1 heterocycles. The molecule has 1 aromatic rings. The highest BCUT2D eigenvalue weighted by atomic mass is 19.1. The third-order valence-electron chi connectivity index (χ3n) is 3.63. The summed E-state index contributed by atoms with van der Waals surface area (Å²) in [5.74, 6) is -0.644. The lowest BCUT2D eigenvalue weighted by atomic mass is 10.1. The van der Waals surface area contributed by atoms with Crippen LogP contribution in [0.5, 0.6) is 0 Å². The second kappa shape index (κ2) is 6.65. The van der Waals surface area contributed by atoms with Crippen LogP contribution < -0.4 is 10.6 Å². The Morgan fingerprint density at radius 1 is 1.40 bits per heavy atom. The number of carbonyl (C=O) groups excluding carboxylic acids is 1. The van der Waals surface area contributed by atoms with Crippen molar-refractivity contribution in [3.63, 3.8) is 0 Å². The van der Waals surface area contributed by atoms with Crippen molar-refractivity contribution in [2.24, 2.45) is 0 Å². The number of hydrogen-bond acceptors (Lipinski definition) is 4. The van der Waals surface area contributed by atoms with Crippen LogP contribution in [0.3, 0.4) is 0 Å². The maximum absolute atomic E-state index is 13.2. The molecule has 0 aliphatic heterocycles. The van der Waals surface area contributed by atoms with Crippen LogP contribution in [-0.2, 0) is 0 Å². The van der Waals surface area contributed by atoms with Crippen molar-refractivity contribution in [1.29, 1.82) is 0 Å². The van der Waals surface area contributed by atoms with Gasteiger partial charge in [-0.15, -0.1) is 0 Å². The molecule has 1 aromatic heterocycles. The van der Waals surface area contributed by atoms with Gasteiger partial charge in [0.15, 0.2) is 0 Å². The van der Waals surface area contributed by atoms with Crippen LogP contribution in [0, 0.1) is 5.82 Å². The fraction of sp³-hybridized carbons (Fsp3) is 0.571. The maximum atomic E-state index is 13.2. The molecule has 1 saturated carbocycles. The molecule has 6 heteroatoms. The number of nitrogens with one attached hydrogen (secondary N) is 2. The van der Waals surface area contributed by atoms with E-state index in [0.29, 0.717) is 12.2 Å². The number of nitrogens with zero attached hydrogens (tertiary/aromatic N) is 1. The van der Waals surface area contributed by atoms with Gasteiger partial charge in [0.05, 0.1) is 23.9 Å². The van der Waals surface area contributed by atoms with Crippen LogP contribution in [-0.4, -0.2) is 35.2 Å². The lowest BCUT2D eigenvalue weighted by Gasteiger charge is -2.22. The molecule has 2 atom stereocenters. The first-order chi connectivity index (χ1) is 9.61. The Kier molecular flexibility index (Phi) is 4.89. The molecule has 1 aliphatic carbocycles. The van der Waals surface area contributed by atoms with Gasteiger partial charge >= 0.3 is 0 Å². The van der Waals surface area contributed by atoms with Crippen molar-refractivity contribution in [3.8, 4) is 0 Å². The van der Waals surface area contributed by atoms with Crippen molar-refractivity contribution in [1.82, 2.24) is 10.3 Å². The fourth-order valence-corrected chi connectivity index (χ4v) is 2.51. The fourth-order valence-electron chi connectivity index (χ4n) is 2.51. The molecule has 2 rings (SSSR count). The van der Waals surface area contributed by atoms with Crippen LogP contribution >= 0.6 is 0 Å². The van der Waals surface area contributed by atoms with Crippen molar-refractivity contribution in [2.75, 3.05) is 12.4 Å². The van der Waals surface area contributed by atoms with E-state index in [1.54, 1.807) is 7.05 Å². The number of rotatable bonds is 3. The first-order valence-corrected chi connectivity index (χ1v) is 6.94. The second-order valence-electron chi connectivity index (χ2n) is 5.09. The number of aliphatic hydroxyl groups is 1. The number of anilines is 1. The molecule has 0 aromatic carbocycles. The smallest absolute Gasteiger partial charge is 0.255 e. The number of aliphatic hydroxyl groups excluding tert-OH is 1. The first-order valence-electron chi connectivity index (χ1n) is 6.94. The SMILES string of the molecule is CNc1ncc(F)cc1C(=O)NC1CCCCCC1O. The summed E-state index contributed by atoms with van der Waals surface area (Å²) < 4.78 is 13.2. The van der Waals surface area contributed by atoms with Gasteiger partial charge in [0.1, 0.15) is 11.6 Å². The van der Waals surface area contributed by atoms with E-state index < -0.39 is 17.8 Å². The summed E-state index contributed by atoms with van der Waals surface area (Å²) in [4.78, 5) is 16.1. The van der Waals surface area contributed by atoms with E-state index in [4.69, 9.17) is 0 Å². The Hall–Kier alpha value is -1.69. The highest BCUT2D eigenvalue weighted by Gasteiger charge is 2.24. The van der Waals surface area contributed by atoms with Crippen LogP contribution in [0.2, 0.25) is 0 Å². The molecule has 5 nitrogen and oxygen atoms in total. The average molecular weight is 281 g/mol. The minimum Gasteiger partial charge on any atom is -0.391 e. The van der Waals surface area contributed by atoms with Gasteiger partial charge in [-0.25, -0.2) is 9.37 Å². The van der Waals surface area contributed by atoms with E-state index in [-0.39, 0.29) is 11.6 Å². The Morgan fingerprint density at radius 2 is 2.15 bits per heavy atom. The third kappa shape index (κ3) is 3.45. The zero-order valence-corrected chi connectivity index (χ0v) is 11.5. The van der Waals surface area contributed by atoms with Gasteiger partial charge in [0, 0.05) is 7.05 Å². The summed E-state index contributed by atoms with van der Waals surface area (Å²) >= 11 is 0. The summed E-state index contributed by atoms with van der Waals surface area (Å²) in [6.45, 7) is 0. The molecular formula is C14H20FN3O2. The molecule has 0 radical (unpaired) electrons. The predicted molar refractivity (Wildman–Crippen MR) is 74.1 cm³/mol. The average Bonchev–Trinajstić information content (AvgIpc) is 2.64. The number of halogens is 1. The summed E-state index contributed by atoms with van der Waals surface area (Å²) in [6, 6.07) is 0.870. The minimum absolute atomic E-state index is 0.156. The Labute approximate surface area is 117 Å². The topological polar surface area (TPSA) is 74.2 Å². The Balaban J connectivity index is 2.12. The quantitative estimate of drug-likeness (QED) is 0.737. The minimum atomic E-state index is -0.560. The largest absolute Gasteiger partial charge is 0.391 e. The highest BCUT2D eigenvalue weighted by Crippen LogP contribution is 2.19. The van der Waals surface area contributed by atoms with E-state index in [2.05, 4.69) is 15.6 Å². The Bertz CT molecular complexity index is 481. The molecule has 1 fully saturated rings. The van der Waals surface area contributed by atoms with Gasteiger partial charge in [-0.1, -0.05) is 19.3 Å². The van der Waals surface area contributed by atoms with Crippen LogP contribution in [0.15, 0.2) is 12.3 Å². The molecule has 0 spiro atoms. The highest BCUT2D eigenvalue weighted by molar-refractivity contribution is 5.98. The summed E-state index contributed by atoms with van der Waals surface area (Å²) in [6.07, 6.45) is 4.95. The maximum Gasteiger partial charge on any atom is 0.255 e. The third-order valence-corrected chi connectivity index (χ3v) is 3.63. The molecule has 1 aliphatic rings. The molecular weight excluding hydrogens is 261 g/mol. The molecule has 0 saturated heterocycles. The van der Waals surface area contributed by atoms with E-state index in [1.165, 1.54) is 0 Å². The van der Waals surface area contributed by atoms with Gasteiger partial charge in [0.25, 0.3) is 5.91 Å². The van der Waals surface area contributed by atoms with Gasteiger partial charge in [-0.3, -0.25) is 4.79 Å². The van der Waals surface area contributed by atoms with E-state index in [9.17, 15) is 14.3 Å². The number of aromatic nitrogens is 1. The summed E-state index contributed by atoms with van der Waals surface area (Å²) in [7, 11) is 1.62. The van der Waals surface area contributed by atoms with Crippen LogP contribution in [0.4, 0.5) is 10.2 Å². The predicted octanol–water partition coefficient (Wildman–Crippen LogP) is 1.69. The van der Waals surface area contributed by atoms with Gasteiger partial charge < -0.3 is 15.7 Å². The zero-order chi connectivity index (χ0) is 14.5. The molecule has 1 amide bonds. The van der Waals surface area contributed by atoms with E-state index >= 15 is 0 Å². The molecule has 3 N–H and O–H groups in total. The summed E-state index contributed by atoms with van der Waals surface area (Å²) in [5.41, 5.74) is 0.156. The van der Waals surface area contributed by atoms with Gasteiger partial charge in [0.2, 0.25) is 0 Å². The number of pyridine rings is 1. The van der Waals surface area contributed by atoms with Crippen LogP contribution in [0.1, 0.15) is 42.5 Å². The molecule has 20 heavy (non-hydrogen) atoms. The second-order valence-corrected chi connectivity index (χ2v) is 5.09. The monoisotopic (exact) mass is 281 g/mol. The standard InChI is InChI=1S/C14H20FN3O2/c1-16-13-10(7-9(15)8-17-13)14(20)18-11-5-3-2-4-6-12(11)19/h7-8,11-12,19H,2-6H2,1H3,(H,16,17)(H,18,20). The van der Waals surface area contributed by atoms with Crippen molar-refractivity contribution in [3.05, 3.63) is 23.6 Å². The lowest BCUT2D eigenvalue weighted by molar-refractivity contribution is 0.0819. The number of carbonyl (C=O) groups is 1. The van der Waals surface area contributed by atoms with Crippen molar-refractivity contribution in [2.45, 2.75) is 44.2 Å². The van der Waals surface area contributed by atoms with Crippen molar-refractivity contribution < 1.29 is 14.3 Å². The van der Waals surface area contributed by atoms with Gasteiger partial charge in [-0.05, 0) is 18.9 Å². The molecule has 110 valence electrons. The molecule has 2 unspecified atom stereocenters. The number of hydrogen-bond donors (Lipinski definition) is 3. The normalized spacial score (nSPS) is 22.9. The Morgan fingerprint density at radius 3 is 2.90 bits per heavy atom. The van der Waals surface area contributed by atoms with Crippen molar-refractivity contribution >= 4 is 11.7 Å². The molecule has 0 bridgehead atoms. The number of amides is 1. The summed E-state index contributed by atoms with van der Waals surface area (Å²) in [5, 5.41) is 15.6. The first kappa shape index (κ1) is 14.7. The van der Waals surface area contributed by atoms with E-state index in [0.717, 1.165) is 37.9 Å². The van der Waals surface area contributed by atoms with Gasteiger partial charge in [-0.2, -0.15) is 0 Å². The van der Waals surface area contributed by atoms with Crippen LogP contribution in [0.25, 0.3) is 0 Å².